The average molecular weight is 265 g/mol. The van der Waals surface area contributed by atoms with Gasteiger partial charge in [-0.25, -0.2) is 0 Å². The lowest BCUT2D eigenvalue weighted by Gasteiger charge is -2.36. The summed E-state index contributed by atoms with van der Waals surface area (Å²) in [5.41, 5.74) is 5.50. The van der Waals surface area contributed by atoms with Gasteiger partial charge in [0, 0.05) is 18.6 Å². The zero-order valence-electron chi connectivity index (χ0n) is 12.2. The van der Waals surface area contributed by atoms with Crippen molar-refractivity contribution < 1.29 is 4.79 Å². The second-order valence-corrected chi connectivity index (χ2v) is 7.15. The summed E-state index contributed by atoms with van der Waals surface area (Å²) in [5, 5.41) is 3.12. The Labute approximate surface area is 116 Å². The van der Waals surface area contributed by atoms with Gasteiger partial charge in [-0.15, -0.1) is 0 Å². The molecule has 1 amide bonds. The van der Waals surface area contributed by atoms with Crippen LogP contribution in [0.25, 0.3) is 0 Å². The highest BCUT2D eigenvalue weighted by Crippen LogP contribution is 2.39. The topological polar surface area (TPSA) is 58.4 Å². The highest BCUT2D eigenvalue weighted by Gasteiger charge is 2.44. The molecule has 4 nitrogen and oxygen atoms in total. The molecule has 0 spiro atoms. The van der Waals surface area contributed by atoms with E-state index in [2.05, 4.69) is 17.3 Å². The van der Waals surface area contributed by atoms with Gasteiger partial charge in [0.05, 0.1) is 5.54 Å². The summed E-state index contributed by atoms with van der Waals surface area (Å²) in [4.78, 5) is 14.7. The molecular formula is C15H27N3O. The van der Waals surface area contributed by atoms with Crippen LogP contribution in [0.4, 0.5) is 0 Å². The van der Waals surface area contributed by atoms with Crippen LogP contribution in [0.1, 0.15) is 45.4 Å². The fourth-order valence-corrected chi connectivity index (χ4v) is 3.99. The fourth-order valence-electron chi connectivity index (χ4n) is 3.99. The van der Waals surface area contributed by atoms with Crippen LogP contribution in [0.5, 0.6) is 0 Å². The third kappa shape index (κ3) is 2.52. The van der Waals surface area contributed by atoms with Crippen molar-refractivity contribution in [2.75, 3.05) is 13.6 Å². The van der Waals surface area contributed by atoms with Crippen molar-refractivity contribution in [3.8, 4) is 0 Å². The van der Waals surface area contributed by atoms with E-state index in [-0.39, 0.29) is 5.91 Å². The minimum absolute atomic E-state index is 0.0567. The van der Waals surface area contributed by atoms with Crippen molar-refractivity contribution in [3.63, 3.8) is 0 Å². The Morgan fingerprint density at radius 3 is 2.37 bits per heavy atom. The SMILES string of the molecule is CN1C2CCC1CC(CNC(=O)C(C)(N)C1CC1)C2. The van der Waals surface area contributed by atoms with Crippen LogP contribution in [-0.2, 0) is 4.79 Å². The molecule has 0 aromatic carbocycles. The number of carbonyl (C=O) groups is 1. The molecule has 3 atom stereocenters. The summed E-state index contributed by atoms with van der Waals surface area (Å²) >= 11 is 0. The lowest BCUT2D eigenvalue weighted by molar-refractivity contribution is -0.126. The Kier molecular flexibility index (Phi) is 3.34. The van der Waals surface area contributed by atoms with E-state index in [1.807, 2.05) is 6.92 Å². The number of hydrogen-bond acceptors (Lipinski definition) is 3. The molecule has 3 aliphatic rings. The monoisotopic (exact) mass is 265 g/mol. The van der Waals surface area contributed by atoms with E-state index in [0.29, 0.717) is 11.8 Å². The van der Waals surface area contributed by atoms with E-state index in [1.54, 1.807) is 0 Å². The number of hydrogen-bond donors (Lipinski definition) is 2. The van der Waals surface area contributed by atoms with E-state index in [9.17, 15) is 4.79 Å². The van der Waals surface area contributed by atoms with Gasteiger partial charge in [-0.2, -0.15) is 0 Å². The third-order valence-corrected chi connectivity index (χ3v) is 5.66. The number of rotatable bonds is 4. The van der Waals surface area contributed by atoms with Crippen molar-refractivity contribution >= 4 is 5.91 Å². The number of nitrogens with zero attached hydrogens (tertiary/aromatic N) is 1. The Bertz CT molecular complexity index is 350. The molecule has 108 valence electrons. The molecule has 2 bridgehead atoms. The molecule has 0 radical (unpaired) electrons. The van der Waals surface area contributed by atoms with Crippen molar-refractivity contribution in [1.29, 1.82) is 0 Å². The van der Waals surface area contributed by atoms with Crippen LogP contribution in [-0.4, -0.2) is 42.0 Å². The van der Waals surface area contributed by atoms with Crippen molar-refractivity contribution in [1.82, 2.24) is 10.2 Å². The molecule has 3 N–H and O–H groups in total. The molecular weight excluding hydrogens is 238 g/mol. The summed E-state index contributed by atoms with van der Waals surface area (Å²) in [5.74, 6) is 1.11. The van der Waals surface area contributed by atoms with E-state index in [1.165, 1.54) is 25.7 Å². The molecule has 0 aromatic heterocycles. The number of amides is 1. The van der Waals surface area contributed by atoms with E-state index < -0.39 is 5.54 Å². The van der Waals surface area contributed by atoms with Crippen molar-refractivity contribution in [3.05, 3.63) is 0 Å². The second-order valence-electron chi connectivity index (χ2n) is 7.15. The molecule has 1 aliphatic carbocycles. The number of piperidine rings is 1. The first-order valence-corrected chi connectivity index (χ1v) is 7.77. The summed E-state index contributed by atoms with van der Waals surface area (Å²) in [6.07, 6.45) is 7.36. The molecule has 4 heteroatoms. The van der Waals surface area contributed by atoms with Gasteiger partial charge in [0.25, 0.3) is 0 Å². The lowest BCUT2D eigenvalue weighted by Crippen LogP contribution is -2.54. The fraction of sp³-hybridized carbons (Fsp3) is 0.933. The van der Waals surface area contributed by atoms with Crippen molar-refractivity contribution in [2.45, 2.75) is 63.1 Å². The van der Waals surface area contributed by atoms with Crippen LogP contribution in [0, 0.1) is 11.8 Å². The van der Waals surface area contributed by atoms with Crippen LogP contribution < -0.4 is 11.1 Å². The quantitative estimate of drug-likeness (QED) is 0.800. The smallest absolute Gasteiger partial charge is 0.240 e. The maximum Gasteiger partial charge on any atom is 0.240 e. The summed E-state index contributed by atoms with van der Waals surface area (Å²) in [6, 6.07) is 1.49. The summed E-state index contributed by atoms with van der Waals surface area (Å²) in [6.45, 7) is 2.71. The highest BCUT2D eigenvalue weighted by molar-refractivity contribution is 5.86. The molecule has 0 aromatic rings. The Balaban J connectivity index is 1.49. The van der Waals surface area contributed by atoms with Gasteiger partial charge >= 0.3 is 0 Å². The van der Waals surface area contributed by atoms with Gasteiger partial charge in [-0.05, 0) is 64.3 Å². The molecule has 19 heavy (non-hydrogen) atoms. The number of fused-ring (bicyclic) bond motifs is 2. The van der Waals surface area contributed by atoms with E-state index in [4.69, 9.17) is 5.73 Å². The molecule has 3 fully saturated rings. The van der Waals surface area contributed by atoms with Gasteiger partial charge in [-0.1, -0.05) is 0 Å². The number of nitrogens with two attached hydrogens (primary N) is 1. The maximum absolute atomic E-state index is 12.2. The zero-order valence-corrected chi connectivity index (χ0v) is 12.2. The first-order valence-electron chi connectivity index (χ1n) is 7.77. The van der Waals surface area contributed by atoms with Gasteiger partial charge in [-0.3, -0.25) is 4.79 Å². The predicted molar refractivity (Wildman–Crippen MR) is 75.6 cm³/mol. The molecule has 1 saturated carbocycles. The van der Waals surface area contributed by atoms with Crippen LogP contribution in [0.15, 0.2) is 0 Å². The minimum atomic E-state index is -0.648. The highest BCUT2D eigenvalue weighted by atomic mass is 16.2. The van der Waals surface area contributed by atoms with Gasteiger partial charge in [0.1, 0.15) is 0 Å². The summed E-state index contributed by atoms with van der Waals surface area (Å²) < 4.78 is 0. The predicted octanol–water partition coefficient (Wildman–Crippen LogP) is 1.10. The first-order chi connectivity index (χ1) is 8.98. The second kappa shape index (κ2) is 4.74. The normalized spacial score (nSPS) is 37.9. The van der Waals surface area contributed by atoms with Gasteiger partial charge in [0.15, 0.2) is 0 Å². The molecule has 2 heterocycles. The third-order valence-electron chi connectivity index (χ3n) is 5.66. The Morgan fingerprint density at radius 1 is 1.26 bits per heavy atom. The number of carbonyl (C=O) groups excluding carboxylic acids is 1. The van der Waals surface area contributed by atoms with Crippen molar-refractivity contribution in [2.24, 2.45) is 17.6 Å². The average Bonchev–Trinajstić information content (AvgIpc) is 3.18. The Hall–Kier alpha value is -0.610. The molecule has 3 rings (SSSR count). The summed E-state index contributed by atoms with van der Waals surface area (Å²) in [7, 11) is 2.25. The van der Waals surface area contributed by atoms with Crippen LogP contribution >= 0.6 is 0 Å². The standard InChI is InChI=1S/C15H27N3O/c1-15(16,11-3-4-11)14(19)17-9-10-7-12-5-6-13(8-10)18(12)2/h10-13H,3-9,16H2,1-2H3,(H,17,19). The van der Waals surface area contributed by atoms with Crippen LogP contribution in [0.3, 0.4) is 0 Å². The zero-order chi connectivity index (χ0) is 13.6. The molecule has 3 unspecified atom stereocenters. The largest absolute Gasteiger partial charge is 0.354 e. The van der Waals surface area contributed by atoms with E-state index in [0.717, 1.165) is 31.5 Å². The van der Waals surface area contributed by atoms with Gasteiger partial charge < -0.3 is 16.0 Å². The maximum atomic E-state index is 12.2. The number of nitrogens with one attached hydrogen (secondary N) is 1. The molecule has 2 saturated heterocycles. The van der Waals surface area contributed by atoms with E-state index >= 15 is 0 Å². The van der Waals surface area contributed by atoms with Gasteiger partial charge in [0.2, 0.25) is 5.91 Å². The lowest BCUT2D eigenvalue weighted by atomic mass is 9.90. The molecule has 2 aliphatic heterocycles. The van der Waals surface area contributed by atoms with Crippen LogP contribution in [0.2, 0.25) is 0 Å². The Morgan fingerprint density at radius 2 is 1.84 bits per heavy atom. The first kappa shape index (κ1) is 13.4. The minimum Gasteiger partial charge on any atom is -0.354 e.